The molecule has 1 heterocycles. The standard InChI is InChI=1S/C9H6Cl4N2O3/c1-2(8(14)16)18-9(17)6-4(11)3(10)5(12)7(13)15-6/h2H,1H3,(H2,14,16)/t2-/m0/s1. The fraction of sp³-hybridized carbons (Fsp3) is 0.222. The zero-order valence-electron chi connectivity index (χ0n) is 8.84. The number of rotatable bonds is 3. The highest BCUT2D eigenvalue weighted by Crippen LogP contribution is 2.36. The van der Waals surface area contributed by atoms with Gasteiger partial charge < -0.3 is 10.5 Å². The van der Waals surface area contributed by atoms with Gasteiger partial charge in [-0.15, -0.1) is 0 Å². The second kappa shape index (κ2) is 5.93. The Bertz CT molecular complexity index is 521. The largest absolute Gasteiger partial charge is 0.448 e. The molecule has 0 fully saturated rings. The molecule has 0 spiro atoms. The number of nitrogens with two attached hydrogens (primary N) is 1. The van der Waals surface area contributed by atoms with Crippen LogP contribution >= 0.6 is 46.4 Å². The molecule has 1 aromatic rings. The van der Waals surface area contributed by atoms with Crippen molar-refractivity contribution in [2.75, 3.05) is 0 Å². The van der Waals surface area contributed by atoms with E-state index in [0.717, 1.165) is 0 Å². The Morgan fingerprint density at radius 2 is 1.72 bits per heavy atom. The number of esters is 1. The van der Waals surface area contributed by atoms with Crippen LogP contribution < -0.4 is 5.73 Å². The Balaban J connectivity index is 3.11. The Morgan fingerprint density at radius 1 is 1.17 bits per heavy atom. The number of amides is 1. The van der Waals surface area contributed by atoms with Gasteiger partial charge in [0.2, 0.25) is 0 Å². The first-order chi connectivity index (χ1) is 8.25. The molecule has 0 radical (unpaired) electrons. The number of primary amides is 1. The topological polar surface area (TPSA) is 82.3 Å². The molecule has 0 saturated carbocycles. The fourth-order valence-electron chi connectivity index (χ4n) is 0.897. The monoisotopic (exact) mass is 330 g/mol. The van der Waals surface area contributed by atoms with Gasteiger partial charge in [0.05, 0.1) is 15.1 Å². The number of pyridine rings is 1. The molecule has 1 atom stereocenters. The zero-order chi connectivity index (χ0) is 14.0. The predicted octanol–water partition coefficient (Wildman–Crippen LogP) is 2.73. The van der Waals surface area contributed by atoms with Gasteiger partial charge in [-0.3, -0.25) is 4.79 Å². The zero-order valence-corrected chi connectivity index (χ0v) is 11.9. The summed E-state index contributed by atoms with van der Waals surface area (Å²) in [7, 11) is 0. The number of hydrogen-bond donors (Lipinski definition) is 1. The molecule has 0 aromatic carbocycles. The Morgan fingerprint density at radius 3 is 2.22 bits per heavy atom. The van der Waals surface area contributed by atoms with Crippen molar-refractivity contribution in [1.82, 2.24) is 4.98 Å². The minimum absolute atomic E-state index is 0.0807. The molecule has 0 aliphatic heterocycles. The maximum atomic E-state index is 11.7. The van der Waals surface area contributed by atoms with Gasteiger partial charge in [0.25, 0.3) is 5.91 Å². The van der Waals surface area contributed by atoms with Gasteiger partial charge in [-0.1, -0.05) is 46.4 Å². The molecule has 1 aromatic heterocycles. The van der Waals surface area contributed by atoms with Gasteiger partial charge >= 0.3 is 5.97 Å². The van der Waals surface area contributed by atoms with Crippen molar-refractivity contribution in [3.05, 3.63) is 25.9 Å². The maximum absolute atomic E-state index is 11.7. The van der Waals surface area contributed by atoms with Gasteiger partial charge in [0.15, 0.2) is 11.8 Å². The van der Waals surface area contributed by atoms with Gasteiger partial charge in [0.1, 0.15) is 5.15 Å². The summed E-state index contributed by atoms with van der Waals surface area (Å²) in [5, 5.41) is -0.627. The highest BCUT2D eigenvalue weighted by atomic mass is 35.5. The van der Waals surface area contributed by atoms with E-state index < -0.39 is 18.0 Å². The fourth-order valence-corrected chi connectivity index (χ4v) is 1.70. The van der Waals surface area contributed by atoms with E-state index in [0.29, 0.717) is 0 Å². The number of halogens is 4. The molecule has 1 rings (SSSR count). The van der Waals surface area contributed by atoms with E-state index in [4.69, 9.17) is 56.9 Å². The summed E-state index contributed by atoms with van der Waals surface area (Å²) in [6.07, 6.45) is -1.14. The minimum atomic E-state index is -1.14. The van der Waals surface area contributed by atoms with E-state index in [-0.39, 0.29) is 25.9 Å². The van der Waals surface area contributed by atoms with Crippen LogP contribution in [-0.2, 0) is 9.53 Å². The first-order valence-electron chi connectivity index (χ1n) is 4.46. The average Bonchev–Trinajstić information content (AvgIpc) is 2.30. The van der Waals surface area contributed by atoms with Crippen LogP contribution in [0, 0.1) is 0 Å². The minimum Gasteiger partial charge on any atom is -0.448 e. The Hall–Kier alpha value is -0.750. The van der Waals surface area contributed by atoms with E-state index in [1.807, 2.05) is 0 Å². The lowest BCUT2D eigenvalue weighted by Crippen LogP contribution is -2.30. The van der Waals surface area contributed by atoms with Crippen molar-refractivity contribution in [3.63, 3.8) is 0 Å². The number of nitrogens with zero attached hydrogens (tertiary/aromatic N) is 1. The van der Waals surface area contributed by atoms with Crippen molar-refractivity contribution in [2.24, 2.45) is 5.73 Å². The number of hydrogen-bond acceptors (Lipinski definition) is 4. The van der Waals surface area contributed by atoms with Gasteiger partial charge in [-0.05, 0) is 6.92 Å². The van der Waals surface area contributed by atoms with Gasteiger partial charge in [0, 0.05) is 0 Å². The average molecular weight is 332 g/mol. The van der Waals surface area contributed by atoms with Crippen LogP contribution in [0.25, 0.3) is 0 Å². The summed E-state index contributed by atoms with van der Waals surface area (Å²) < 4.78 is 4.71. The summed E-state index contributed by atoms with van der Waals surface area (Å²) in [6, 6.07) is 0. The third-order valence-corrected chi connectivity index (χ3v) is 3.54. The summed E-state index contributed by atoms with van der Waals surface area (Å²) in [4.78, 5) is 26.1. The lowest BCUT2D eigenvalue weighted by molar-refractivity contribution is -0.125. The molecule has 2 N–H and O–H groups in total. The van der Waals surface area contributed by atoms with Crippen LogP contribution in [0.15, 0.2) is 0 Å². The molecule has 0 aliphatic carbocycles. The summed E-state index contributed by atoms with van der Waals surface area (Å²) in [6.45, 7) is 1.30. The van der Waals surface area contributed by atoms with E-state index >= 15 is 0 Å². The van der Waals surface area contributed by atoms with E-state index in [2.05, 4.69) is 4.98 Å². The van der Waals surface area contributed by atoms with Crippen LogP contribution in [-0.4, -0.2) is 23.0 Å². The normalized spacial score (nSPS) is 12.1. The lowest BCUT2D eigenvalue weighted by atomic mass is 10.3. The molecule has 18 heavy (non-hydrogen) atoms. The smallest absolute Gasteiger partial charge is 0.359 e. The highest BCUT2D eigenvalue weighted by molar-refractivity contribution is 6.52. The third-order valence-electron chi connectivity index (χ3n) is 1.86. The van der Waals surface area contributed by atoms with Crippen LogP contribution in [0.5, 0.6) is 0 Å². The predicted molar refractivity (Wildman–Crippen MR) is 68.3 cm³/mol. The number of carbonyl (C=O) groups excluding carboxylic acids is 2. The first-order valence-corrected chi connectivity index (χ1v) is 5.97. The van der Waals surface area contributed by atoms with Crippen molar-refractivity contribution >= 4 is 58.3 Å². The molecule has 0 bridgehead atoms. The van der Waals surface area contributed by atoms with Crippen molar-refractivity contribution in [1.29, 1.82) is 0 Å². The number of carbonyl (C=O) groups is 2. The quantitative estimate of drug-likeness (QED) is 0.682. The van der Waals surface area contributed by atoms with Crippen molar-refractivity contribution < 1.29 is 14.3 Å². The molecule has 5 nitrogen and oxygen atoms in total. The van der Waals surface area contributed by atoms with E-state index in [1.54, 1.807) is 0 Å². The van der Waals surface area contributed by atoms with Crippen LogP contribution in [0.2, 0.25) is 20.2 Å². The lowest BCUT2D eigenvalue weighted by Gasteiger charge is -2.11. The Kier molecular flexibility index (Phi) is 5.04. The second-order valence-electron chi connectivity index (χ2n) is 3.14. The molecular weight excluding hydrogens is 326 g/mol. The Labute approximate surface area is 122 Å². The van der Waals surface area contributed by atoms with Crippen LogP contribution in [0.1, 0.15) is 17.4 Å². The van der Waals surface area contributed by atoms with E-state index in [9.17, 15) is 9.59 Å². The third kappa shape index (κ3) is 3.17. The summed E-state index contributed by atoms with van der Waals surface area (Å²) in [5.74, 6) is -1.79. The van der Waals surface area contributed by atoms with Crippen molar-refractivity contribution in [3.8, 4) is 0 Å². The molecule has 1 amide bonds. The van der Waals surface area contributed by atoms with Crippen LogP contribution in [0.3, 0.4) is 0 Å². The molecule has 0 unspecified atom stereocenters. The summed E-state index contributed by atoms with van der Waals surface area (Å²) in [5.41, 5.74) is 4.60. The number of ether oxygens (including phenoxy) is 1. The second-order valence-corrected chi connectivity index (χ2v) is 4.63. The van der Waals surface area contributed by atoms with E-state index in [1.165, 1.54) is 6.92 Å². The summed E-state index contributed by atoms with van der Waals surface area (Å²) >= 11 is 22.8. The van der Waals surface area contributed by atoms with Gasteiger partial charge in [-0.25, -0.2) is 9.78 Å². The molecule has 98 valence electrons. The highest BCUT2D eigenvalue weighted by Gasteiger charge is 2.24. The van der Waals surface area contributed by atoms with Crippen molar-refractivity contribution in [2.45, 2.75) is 13.0 Å². The van der Waals surface area contributed by atoms with Crippen LogP contribution in [0.4, 0.5) is 0 Å². The maximum Gasteiger partial charge on any atom is 0.359 e. The molecule has 0 saturated heterocycles. The molecule has 0 aliphatic rings. The molecule has 9 heteroatoms. The SMILES string of the molecule is C[C@H](OC(=O)c1nc(Cl)c(Cl)c(Cl)c1Cl)C(N)=O. The molecular formula is C9H6Cl4N2O3. The van der Waals surface area contributed by atoms with Gasteiger partial charge in [-0.2, -0.15) is 0 Å². The number of aromatic nitrogens is 1. The first kappa shape index (κ1) is 15.3.